The summed E-state index contributed by atoms with van der Waals surface area (Å²) in [4.78, 5) is 0. The van der Waals surface area contributed by atoms with Crippen molar-refractivity contribution in [2.24, 2.45) is 23.7 Å². The molecule has 2 saturated carbocycles. The molecule has 0 aliphatic heterocycles. The molecule has 0 unspecified atom stereocenters. The van der Waals surface area contributed by atoms with E-state index < -0.39 is 0 Å². The van der Waals surface area contributed by atoms with Crippen LogP contribution in [-0.4, -0.2) is 0 Å². The van der Waals surface area contributed by atoms with Gasteiger partial charge in [-0.2, -0.15) is 0 Å². The van der Waals surface area contributed by atoms with Gasteiger partial charge in [0.15, 0.2) is 0 Å². The molecule has 0 atom stereocenters. The Morgan fingerprint density at radius 2 is 0.909 bits per heavy atom. The van der Waals surface area contributed by atoms with E-state index in [4.69, 9.17) is 0 Å². The summed E-state index contributed by atoms with van der Waals surface area (Å²) in [6, 6.07) is 0. The molecule has 0 bridgehead atoms. The van der Waals surface area contributed by atoms with Gasteiger partial charge in [-0.3, -0.25) is 0 Å². The Labute approximate surface area is 143 Å². The van der Waals surface area contributed by atoms with E-state index in [1.807, 2.05) is 0 Å². The van der Waals surface area contributed by atoms with Crippen molar-refractivity contribution in [1.29, 1.82) is 0 Å². The predicted molar refractivity (Wildman–Crippen MR) is 103 cm³/mol. The molecule has 2 fully saturated rings. The van der Waals surface area contributed by atoms with Crippen LogP contribution in [0.2, 0.25) is 0 Å². The topological polar surface area (TPSA) is 0 Å². The fraction of sp³-hybridized carbons (Fsp3) is 1.00. The Balaban J connectivity index is 0.00000242. The molecule has 0 radical (unpaired) electrons. The van der Waals surface area contributed by atoms with Crippen LogP contribution in [0.15, 0.2) is 0 Å². The third kappa shape index (κ3) is 7.05. The lowest BCUT2D eigenvalue weighted by molar-refractivity contribution is 0.183. The van der Waals surface area contributed by atoms with Gasteiger partial charge in [-0.25, -0.2) is 0 Å². The second-order valence-corrected chi connectivity index (χ2v) is 8.29. The van der Waals surface area contributed by atoms with E-state index in [0.29, 0.717) is 0 Å². The van der Waals surface area contributed by atoms with Crippen LogP contribution in [0.1, 0.15) is 119 Å². The highest BCUT2D eigenvalue weighted by atomic mass is 14.3. The summed E-state index contributed by atoms with van der Waals surface area (Å²) in [7, 11) is 0. The highest BCUT2D eigenvalue weighted by molar-refractivity contribution is 4.78. The molecule has 0 nitrogen and oxygen atoms in total. The smallest absolute Gasteiger partial charge is 0 e. The van der Waals surface area contributed by atoms with Gasteiger partial charge in [0.1, 0.15) is 0 Å². The molecule has 0 heterocycles. The number of unbranched alkanes of at least 4 members (excludes halogenated alkanes) is 2. The highest BCUT2D eigenvalue weighted by Crippen LogP contribution is 2.40. The van der Waals surface area contributed by atoms with E-state index in [2.05, 4.69) is 13.8 Å². The van der Waals surface area contributed by atoms with Crippen LogP contribution in [0, 0.1) is 23.7 Å². The molecular weight excluding hydrogens is 264 g/mol. The lowest BCUT2D eigenvalue weighted by Gasteiger charge is -2.34. The first kappa shape index (κ1) is 20.0. The van der Waals surface area contributed by atoms with Crippen molar-refractivity contribution >= 4 is 0 Å². The molecule has 0 N–H and O–H groups in total. The van der Waals surface area contributed by atoms with E-state index in [-0.39, 0.29) is 8.85 Å². The van der Waals surface area contributed by atoms with Gasteiger partial charge in [-0.15, -0.1) is 0 Å². The van der Waals surface area contributed by atoms with Crippen LogP contribution in [0.3, 0.4) is 0 Å². The first-order valence-corrected chi connectivity index (χ1v) is 10.3. The summed E-state index contributed by atoms with van der Waals surface area (Å²) in [5.41, 5.74) is 0. The Morgan fingerprint density at radius 1 is 0.591 bits per heavy atom. The minimum absolute atomic E-state index is 0. The Kier molecular flexibility index (Phi) is 10.5. The fourth-order valence-electron chi connectivity index (χ4n) is 4.97. The lowest BCUT2D eigenvalue weighted by atomic mass is 9.72. The first-order chi connectivity index (χ1) is 10.3. The molecule has 2 rings (SSSR count). The standard InChI is InChI=1S/C21H40.CH4.H2/c1-3-5-7-18-9-13-20(14-10-18)17-21-15-11-19(12-16-21)8-6-4-2;;/h18-21H,3-17H2,1-2H3;1H4;1H/i;;1+1. The van der Waals surface area contributed by atoms with Crippen molar-refractivity contribution in [3.63, 3.8) is 0 Å². The van der Waals surface area contributed by atoms with Crippen molar-refractivity contribution in [1.82, 2.24) is 0 Å². The van der Waals surface area contributed by atoms with Gasteiger partial charge in [0.05, 0.1) is 0 Å². The van der Waals surface area contributed by atoms with E-state index in [0.717, 1.165) is 23.7 Å². The van der Waals surface area contributed by atoms with E-state index in [1.165, 1.54) is 38.5 Å². The van der Waals surface area contributed by atoms with E-state index in [9.17, 15) is 0 Å². The van der Waals surface area contributed by atoms with Crippen LogP contribution in [0.5, 0.6) is 0 Å². The van der Waals surface area contributed by atoms with Crippen molar-refractivity contribution in [2.75, 3.05) is 0 Å². The quantitative estimate of drug-likeness (QED) is 0.423. The van der Waals surface area contributed by atoms with Crippen molar-refractivity contribution in [2.45, 2.75) is 118 Å². The molecule has 134 valence electrons. The molecule has 0 aromatic rings. The molecule has 0 heteroatoms. The van der Waals surface area contributed by atoms with Crippen LogP contribution in [0.4, 0.5) is 0 Å². The van der Waals surface area contributed by atoms with Crippen molar-refractivity contribution < 1.29 is 1.43 Å². The molecule has 0 saturated heterocycles. The van der Waals surface area contributed by atoms with Crippen molar-refractivity contribution in [3.05, 3.63) is 0 Å². The molecule has 0 spiro atoms. The average molecular weight is 312 g/mol. The van der Waals surface area contributed by atoms with Gasteiger partial charge in [0.2, 0.25) is 0 Å². The maximum Gasteiger partial charge on any atom is 0 e. The Morgan fingerprint density at radius 3 is 1.23 bits per heavy atom. The van der Waals surface area contributed by atoms with E-state index >= 15 is 0 Å². The van der Waals surface area contributed by atoms with Crippen LogP contribution in [-0.2, 0) is 0 Å². The lowest BCUT2D eigenvalue weighted by Crippen LogP contribution is -2.21. The van der Waals surface area contributed by atoms with Crippen LogP contribution >= 0.6 is 0 Å². The SMILES string of the molecule is C.CCCCC1CCC(CC2CCC(CCCC)CC2)CC1.[2HH]. The second kappa shape index (κ2) is 11.5. The van der Waals surface area contributed by atoms with E-state index in [1.54, 1.807) is 57.8 Å². The summed E-state index contributed by atoms with van der Waals surface area (Å²) in [6.07, 6.45) is 22.8. The molecule has 2 aliphatic rings. The molecule has 0 aromatic heterocycles. The Bertz CT molecular complexity index is 221. The summed E-state index contributed by atoms with van der Waals surface area (Å²) >= 11 is 0. The maximum atomic E-state index is 2.34. The zero-order valence-electron chi connectivity index (χ0n) is 14.9. The fourth-order valence-corrected chi connectivity index (χ4v) is 4.97. The Hall–Kier alpha value is 0. The summed E-state index contributed by atoms with van der Waals surface area (Å²) in [5, 5.41) is 0. The maximum absolute atomic E-state index is 2.34. The third-order valence-electron chi connectivity index (χ3n) is 6.53. The summed E-state index contributed by atoms with van der Waals surface area (Å²) in [6.45, 7) is 4.67. The number of hydrogen-bond acceptors (Lipinski definition) is 0. The second-order valence-electron chi connectivity index (χ2n) is 8.29. The zero-order chi connectivity index (χ0) is 14.9. The summed E-state index contributed by atoms with van der Waals surface area (Å²) < 4.78 is 0. The monoisotopic (exact) mass is 311 g/mol. The van der Waals surface area contributed by atoms with Gasteiger partial charge in [-0.05, 0) is 30.1 Å². The normalized spacial score (nSPS) is 32.5. The van der Waals surface area contributed by atoms with Gasteiger partial charge < -0.3 is 0 Å². The summed E-state index contributed by atoms with van der Waals surface area (Å²) in [5.74, 6) is 4.37. The highest BCUT2D eigenvalue weighted by Gasteiger charge is 2.26. The zero-order valence-corrected chi connectivity index (χ0v) is 14.9. The predicted octanol–water partition coefficient (Wildman–Crippen LogP) is 8.25. The van der Waals surface area contributed by atoms with Gasteiger partial charge in [0.25, 0.3) is 0 Å². The number of rotatable bonds is 8. The van der Waals surface area contributed by atoms with Gasteiger partial charge in [0, 0.05) is 1.43 Å². The van der Waals surface area contributed by atoms with Gasteiger partial charge in [-0.1, -0.05) is 111 Å². The third-order valence-corrected chi connectivity index (χ3v) is 6.53. The minimum atomic E-state index is 0. The van der Waals surface area contributed by atoms with Crippen LogP contribution in [0.25, 0.3) is 0 Å². The average Bonchev–Trinajstić information content (AvgIpc) is 2.53. The molecule has 2 aliphatic carbocycles. The van der Waals surface area contributed by atoms with Crippen LogP contribution < -0.4 is 0 Å². The number of hydrogen-bond donors (Lipinski definition) is 0. The van der Waals surface area contributed by atoms with Gasteiger partial charge >= 0.3 is 0 Å². The molecule has 22 heavy (non-hydrogen) atoms. The molecule has 0 amide bonds. The first-order valence-electron chi connectivity index (χ1n) is 10.3. The molecule has 0 aromatic carbocycles. The molecular formula is C22H46. The largest absolute Gasteiger partial charge is 0.0776 e. The van der Waals surface area contributed by atoms with Crippen molar-refractivity contribution in [3.8, 4) is 0 Å². The minimum Gasteiger partial charge on any atom is -0.0776 e.